The lowest BCUT2D eigenvalue weighted by molar-refractivity contribution is -0.215. The van der Waals surface area contributed by atoms with Crippen LogP contribution >= 0.6 is 0 Å². The third-order valence-corrected chi connectivity index (χ3v) is 14.1. The van der Waals surface area contributed by atoms with Gasteiger partial charge in [0.1, 0.15) is 6.10 Å². The first-order valence-electron chi connectivity index (χ1n) is 15.7. The second-order valence-electron chi connectivity index (χ2n) is 16.0. The summed E-state index contributed by atoms with van der Waals surface area (Å²) in [5.74, 6) is 1.51. The molecule has 4 fully saturated rings. The zero-order valence-electron chi connectivity index (χ0n) is 25.7. The number of allylic oxidation sites excluding steroid dienone is 2. The lowest BCUT2D eigenvalue weighted by Crippen LogP contribution is -2.65. The van der Waals surface area contributed by atoms with E-state index >= 15 is 0 Å². The minimum atomic E-state index is -0.581. The molecule has 4 saturated carbocycles. The highest BCUT2D eigenvalue weighted by molar-refractivity contribution is 5.76. The van der Waals surface area contributed by atoms with E-state index in [-0.39, 0.29) is 45.6 Å². The van der Waals surface area contributed by atoms with Crippen LogP contribution in [-0.2, 0) is 14.3 Å². The van der Waals surface area contributed by atoms with Gasteiger partial charge in [-0.2, -0.15) is 0 Å². The van der Waals surface area contributed by atoms with Crippen LogP contribution in [0.3, 0.4) is 0 Å². The standard InChI is InChI=1S/C34H54O4/c1-20(2)28(35)38-26-14-15-31(7)24(30(26,5)6)13-16-33(9)25(31)11-10-23-27-22(4)21(3)12-17-34(27,29(36)37)19-18-32(23,33)8/h10,20-22,24-27H,11-19H2,1-9H3,(H,36,37)/t21-,22+,24+,25-,26+,27?,31+,32-,33-,34+/m1/s1. The van der Waals surface area contributed by atoms with Crippen LogP contribution in [0.2, 0.25) is 0 Å². The predicted molar refractivity (Wildman–Crippen MR) is 151 cm³/mol. The first-order valence-corrected chi connectivity index (χ1v) is 15.7. The summed E-state index contributed by atoms with van der Waals surface area (Å²) in [7, 11) is 0. The number of carbonyl (C=O) groups is 2. The summed E-state index contributed by atoms with van der Waals surface area (Å²) in [6.45, 7) is 20.9. The molecule has 214 valence electrons. The SMILES string of the molecule is CC(C)C(=O)O[C@H]1CC[C@]2(C)[C@H]3CC=C4C5[C@@H](C)[C@H](C)CC[C@]5(C(=O)O)CC[C@@]4(C)[C@]3(C)CC[C@H]2C1(C)C. The van der Waals surface area contributed by atoms with Gasteiger partial charge in [0, 0.05) is 5.41 Å². The number of hydrogen-bond donors (Lipinski definition) is 1. The second kappa shape index (κ2) is 8.84. The van der Waals surface area contributed by atoms with Gasteiger partial charge in [-0.15, -0.1) is 0 Å². The van der Waals surface area contributed by atoms with E-state index in [4.69, 9.17) is 4.74 Å². The zero-order valence-corrected chi connectivity index (χ0v) is 25.7. The van der Waals surface area contributed by atoms with Gasteiger partial charge in [0.15, 0.2) is 0 Å². The van der Waals surface area contributed by atoms with E-state index in [0.29, 0.717) is 23.7 Å². The van der Waals surface area contributed by atoms with E-state index in [1.54, 1.807) is 0 Å². The Labute approximate surface area is 231 Å². The molecule has 0 aromatic heterocycles. The molecule has 1 unspecified atom stereocenters. The van der Waals surface area contributed by atoms with Crippen LogP contribution in [0.4, 0.5) is 0 Å². The molecule has 0 heterocycles. The average molecular weight is 527 g/mol. The Morgan fingerprint density at radius 3 is 2.24 bits per heavy atom. The average Bonchev–Trinajstić information content (AvgIpc) is 2.83. The molecule has 38 heavy (non-hydrogen) atoms. The maximum Gasteiger partial charge on any atom is 0.310 e. The Kier molecular flexibility index (Phi) is 6.56. The number of carboxylic acids is 1. The predicted octanol–water partition coefficient (Wildman–Crippen LogP) is 8.30. The molecule has 0 saturated heterocycles. The molecule has 1 N–H and O–H groups in total. The van der Waals surface area contributed by atoms with Gasteiger partial charge in [0.25, 0.3) is 0 Å². The summed E-state index contributed by atoms with van der Waals surface area (Å²) in [5.41, 5.74) is 1.26. The van der Waals surface area contributed by atoms with Crippen LogP contribution in [0.5, 0.6) is 0 Å². The summed E-state index contributed by atoms with van der Waals surface area (Å²) >= 11 is 0. The molecule has 5 rings (SSSR count). The van der Waals surface area contributed by atoms with E-state index in [1.165, 1.54) is 12.0 Å². The van der Waals surface area contributed by atoms with Crippen molar-refractivity contribution in [2.45, 2.75) is 126 Å². The van der Waals surface area contributed by atoms with Gasteiger partial charge in [-0.25, -0.2) is 0 Å². The minimum absolute atomic E-state index is 0.0134. The van der Waals surface area contributed by atoms with Gasteiger partial charge in [-0.1, -0.05) is 74.0 Å². The van der Waals surface area contributed by atoms with Crippen LogP contribution in [0.25, 0.3) is 0 Å². The maximum atomic E-state index is 12.9. The molecule has 5 aliphatic carbocycles. The second-order valence-corrected chi connectivity index (χ2v) is 16.0. The molecule has 0 aliphatic heterocycles. The smallest absolute Gasteiger partial charge is 0.310 e. The van der Waals surface area contributed by atoms with E-state index < -0.39 is 11.4 Å². The molecule has 10 atom stereocenters. The largest absolute Gasteiger partial charge is 0.481 e. The van der Waals surface area contributed by atoms with Crippen molar-refractivity contribution < 1.29 is 19.4 Å². The third-order valence-electron chi connectivity index (χ3n) is 14.1. The van der Waals surface area contributed by atoms with Crippen molar-refractivity contribution >= 4 is 11.9 Å². The molecule has 4 heteroatoms. The number of ether oxygens (including phenoxy) is 1. The van der Waals surface area contributed by atoms with E-state index in [9.17, 15) is 14.7 Å². The van der Waals surface area contributed by atoms with E-state index in [1.807, 2.05) is 13.8 Å². The number of esters is 1. The first-order chi connectivity index (χ1) is 17.6. The van der Waals surface area contributed by atoms with Crippen molar-refractivity contribution in [2.24, 2.45) is 62.6 Å². The number of carboxylic acid groups (broad SMARTS) is 1. The van der Waals surface area contributed by atoms with Crippen LogP contribution in [0.1, 0.15) is 120 Å². The van der Waals surface area contributed by atoms with E-state index in [0.717, 1.165) is 51.4 Å². The summed E-state index contributed by atoms with van der Waals surface area (Å²) < 4.78 is 6.14. The molecule has 4 nitrogen and oxygen atoms in total. The van der Waals surface area contributed by atoms with Crippen molar-refractivity contribution in [3.63, 3.8) is 0 Å². The topological polar surface area (TPSA) is 63.6 Å². The molecule has 0 aromatic rings. The van der Waals surface area contributed by atoms with Crippen LogP contribution in [0.15, 0.2) is 11.6 Å². The number of carbonyl (C=O) groups excluding carboxylic acids is 1. The highest BCUT2D eigenvalue weighted by Crippen LogP contribution is 2.75. The van der Waals surface area contributed by atoms with Crippen molar-refractivity contribution in [1.82, 2.24) is 0 Å². The number of fused-ring (bicyclic) bond motifs is 7. The molecule has 0 bridgehead atoms. The van der Waals surface area contributed by atoms with Crippen molar-refractivity contribution in [2.75, 3.05) is 0 Å². The summed E-state index contributed by atoms with van der Waals surface area (Å²) in [5, 5.41) is 10.6. The molecule has 0 amide bonds. The summed E-state index contributed by atoms with van der Waals surface area (Å²) in [4.78, 5) is 25.5. The normalized spacial score (nSPS) is 49.6. The van der Waals surface area contributed by atoms with Crippen molar-refractivity contribution in [3.05, 3.63) is 11.6 Å². The number of rotatable bonds is 3. The Balaban J connectivity index is 1.53. The van der Waals surface area contributed by atoms with Crippen molar-refractivity contribution in [1.29, 1.82) is 0 Å². The lowest BCUT2D eigenvalue weighted by Gasteiger charge is -2.71. The molecule has 0 aromatic carbocycles. The summed E-state index contributed by atoms with van der Waals surface area (Å²) in [6, 6.07) is 0. The van der Waals surface area contributed by atoms with E-state index in [2.05, 4.69) is 54.5 Å². The molecule has 0 spiro atoms. The Bertz CT molecular complexity index is 1030. The highest BCUT2D eigenvalue weighted by atomic mass is 16.5. The Hall–Kier alpha value is -1.32. The summed E-state index contributed by atoms with van der Waals surface area (Å²) in [6.07, 6.45) is 11.7. The Morgan fingerprint density at radius 2 is 1.61 bits per heavy atom. The van der Waals surface area contributed by atoms with Crippen LogP contribution in [-0.4, -0.2) is 23.1 Å². The highest BCUT2D eigenvalue weighted by Gasteiger charge is 2.69. The van der Waals surface area contributed by atoms with Gasteiger partial charge in [0.2, 0.25) is 0 Å². The van der Waals surface area contributed by atoms with Gasteiger partial charge < -0.3 is 9.84 Å². The number of hydrogen-bond acceptors (Lipinski definition) is 3. The number of aliphatic carboxylic acids is 1. The fourth-order valence-electron chi connectivity index (χ4n) is 11.3. The third kappa shape index (κ3) is 3.52. The quantitative estimate of drug-likeness (QED) is 0.297. The fraction of sp³-hybridized carbons (Fsp3) is 0.882. The maximum absolute atomic E-state index is 12.9. The van der Waals surface area contributed by atoms with Crippen LogP contribution in [0, 0.1) is 62.6 Å². The van der Waals surface area contributed by atoms with Gasteiger partial charge >= 0.3 is 11.9 Å². The fourth-order valence-corrected chi connectivity index (χ4v) is 11.3. The lowest BCUT2D eigenvalue weighted by atomic mass is 9.33. The van der Waals surface area contributed by atoms with Crippen molar-refractivity contribution in [3.8, 4) is 0 Å². The molecular formula is C34H54O4. The van der Waals surface area contributed by atoms with Gasteiger partial charge in [0.05, 0.1) is 11.3 Å². The minimum Gasteiger partial charge on any atom is -0.481 e. The van der Waals surface area contributed by atoms with Gasteiger partial charge in [-0.05, 0) is 104 Å². The zero-order chi connectivity index (χ0) is 28.1. The molecular weight excluding hydrogens is 472 g/mol. The molecule has 0 radical (unpaired) electrons. The first kappa shape index (κ1) is 28.2. The Morgan fingerprint density at radius 1 is 0.921 bits per heavy atom. The monoisotopic (exact) mass is 526 g/mol. The van der Waals surface area contributed by atoms with Gasteiger partial charge in [-0.3, -0.25) is 9.59 Å². The van der Waals surface area contributed by atoms with Crippen LogP contribution < -0.4 is 0 Å². The molecule has 5 aliphatic rings.